The summed E-state index contributed by atoms with van der Waals surface area (Å²) in [5.74, 6) is -0.875. The number of aliphatic carboxylic acids is 1. The number of nitrogens with one attached hydrogen (secondary N) is 1. The minimum absolute atomic E-state index is 0.0232. The summed E-state index contributed by atoms with van der Waals surface area (Å²) in [6.45, 7) is 1.79. The van der Waals surface area contributed by atoms with Gasteiger partial charge in [-0.2, -0.15) is 0 Å². The van der Waals surface area contributed by atoms with Gasteiger partial charge in [-0.25, -0.2) is 13.1 Å². The number of benzene rings is 2. The highest BCUT2D eigenvalue weighted by Gasteiger charge is 2.18. The molecule has 1 atom stereocenters. The maximum atomic E-state index is 12.4. The molecule has 0 aliphatic carbocycles. The highest BCUT2D eigenvalue weighted by atomic mass is 32.2. The number of hydrogen-bond acceptors (Lipinski definition) is 3. The molecule has 0 amide bonds. The van der Waals surface area contributed by atoms with Crippen LogP contribution in [0.2, 0.25) is 0 Å². The van der Waals surface area contributed by atoms with Crippen LogP contribution in [0.1, 0.15) is 30.5 Å². The molecule has 0 heterocycles. The predicted molar refractivity (Wildman–Crippen MR) is 87.6 cm³/mol. The van der Waals surface area contributed by atoms with E-state index in [0.717, 1.165) is 11.1 Å². The van der Waals surface area contributed by atoms with E-state index in [1.54, 1.807) is 19.1 Å². The highest BCUT2D eigenvalue weighted by Crippen LogP contribution is 2.17. The molecule has 2 N–H and O–H groups in total. The number of carboxylic acids is 1. The molecule has 0 spiro atoms. The molecule has 0 radical (unpaired) electrons. The molecule has 0 aliphatic rings. The van der Waals surface area contributed by atoms with E-state index in [1.807, 2.05) is 30.3 Å². The molecule has 6 heteroatoms. The van der Waals surface area contributed by atoms with Gasteiger partial charge >= 0.3 is 5.97 Å². The zero-order chi connectivity index (χ0) is 16.9. The lowest BCUT2D eigenvalue weighted by atomic mass is 10.1. The van der Waals surface area contributed by atoms with Crippen molar-refractivity contribution in [3.05, 3.63) is 65.7 Å². The fraction of sp³-hybridized carbons (Fsp3) is 0.235. The Kier molecular flexibility index (Phi) is 5.52. The van der Waals surface area contributed by atoms with Gasteiger partial charge in [-0.1, -0.05) is 42.5 Å². The number of rotatable bonds is 7. The van der Waals surface area contributed by atoms with E-state index in [4.69, 9.17) is 5.11 Å². The minimum atomic E-state index is -3.62. The Morgan fingerprint density at radius 1 is 1.09 bits per heavy atom. The molecular weight excluding hydrogens is 314 g/mol. The normalized spacial score (nSPS) is 12.7. The number of aryl methyl sites for hydroxylation is 1. The largest absolute Gasteiger partial charge is 0.481 e. The molecule has 122 valence electrons. The van der Waals surface area contributed by atoms with Gasteiger partial charge in [0.25, 0.3) is 0 Å². The summed E-state index contributed by atoms with van der Waals surface area (Å²) in [5.41, 5.74) is 1.68. The maximum absolute atomic E-state index is 12.4. The second-order valence-corrected chi connectivity index (χ2v) is 7.01. The summed E-state index contributed by atoms with van der Waals surface area (Å²) in [6, 6.07) is 15.3. The van der Waals surface area contributed by atoms with Crippen LogP contribution in [-0.2, 0) is 21.2 Å². The smallest absolute Gasteiger partial charge is 0.303 e. The molecule has 0 saturated heterocycles. The van der Waals surface area contributed by atoms with Crippen molar-refractivity contribution >= 4 is 16.0 Å². The van der Waals surface area contributed by atoms with E-state index in [9.17, 15) is 13.2 Å². The van der Waals surface area contributed by atoms with Crippen molar-refractivity contribution in [3.8, 4) is 0 Å². The van der Waals surface area contributed by atoms with Crippen molar-refractivity contribution in [1.82, 2.24) is 4.72 Å². The Balaban J connectivity index is 2.08. The van der Waals surface area contributed by atoms with Crippen molar-refractivity contribution in [2.45, 2.75) is 30.7 Å². The minimum Gasteiger partial charge on any atom is -0.481 e. The third-order valence-corrected chi connectivity index (χ3v) is 5.05. The first-order chi connectivity index (χ1) is 10.9. The van der Waals surface area contributed by atoms with E-state index in [-0.39, 0.29) is 17.4 Å². The van der Waals surface area contributed by atoms with Gasteiger partial charge in [-0.3, -0.25) is 4.79 Å². The first-order valence-corrected chi connectivity index (χ1v) is 8.75. The van der Waals surface area contributed by atoms with E-state index in [2.05, 4.69) is 4.72 Å². The number of hydrogen-bond donors (Lipinski definition) is 2. The quantitative estimate of drug-likeness (QED) is 0.816. The summed E-state index contributed by atoms with van der Waals surface area (Å²) in [6.07, 6.45) is 0.402. The van der Waals surface area contributed by atoms with E-state index in [0.29, 0.717) is 6.42 Å². The van der Waals surface area contributed by atoms with Gasteiger partial charge in [0, 0.05) is 12.5 Å². The molecule has 23 heavy (non-hydrogen) atoms. The molecule has 1 unspecified atom stereocenters. The molecule has 0 bridgehead atoms. The van der Waals surface area contributed by atoms with Crippen LogP contribution < -0.4 is 4.72 Å². The summed E-state index contributed by atoms with van der Waals surface area (Å²) in [5, 5.41) is 8.66. The first kappa shape index (κ1) is 17.2. The number of carboxylic acid groups (broad SMARTS) is 1. The van der Waals surface area contributed by atoms with Gasteiger partial charge in [-0.05, 0) is 36.6 Å². The average Bonchev–Trinajstić information content (AvgIpc) is 2.53. The lowest BCUT2D eigenvalue weighted by molar-refractivity contribution is -0.136. The maximum Gasteiger partial charge on any atom is 0.303 e. The van der Waals surface area contributed by atoms with Gasteiger partial charge in [0.2, 0.25) is 10.0 Å². The van der Waals surface area contributed by atoms with Gasteiger partial charge in [0.15, 0.2) is 0 Å². The average molecular weight is 333 g/mol. The lowest BCUT2D eigenvalue weighted by Gasteiger charge is -2.14. The van der Waals surface area contributed by atoms with E-state index >= 15 is 0 Å². The van der Waals surface area contributed by atoms with Crippen LogP contribution in [0.4, 0.5) is 0 Å². The molecule has 0 aromatic heterocycles. The molecule has 0 aliphatic heterocycles. The Morgan fingerprint density at radius 2 is 1.70 bits per heavy atom. The van der Waals surface area contributed by atoms with Crippen LogP contribution in [-0.4, -0.2) is 19.5 Å². The Labute approximate surface area is 136 Å². The molecular formula is C17H19NO4S. The molecule has 5 nitrogen and oxygen atoms in total. The summed E-state index contributed by atoms with van der Waals surface area (Å²) < 4.78 is 27.4. The van der Waals surface area contributed by atoms with E-state index < -0.39 is 16.0 Å². The Bertz CT molecular complexity index is 755. The monoisotopic (exact) mass is 333 g/mol. The Morgan fingerprint density at radius 3 is 2.26 bits per heavy atom. The fourth-order valence-corrected chi connectivity index (χ4v) is 3.43. The van der Waals surface area contributed by atoms with Crippen molar-refractivity contribution < 1.29 is 18.3 Å². The van der Waals surface area contributed by atoms with E-state index in [1.165, 1.54) is 12.1 Å². The SMILES string of the molecule is CC(NS(=O)(=O)c1ccc(CCC(=O)O)cc1)c1ccccc1. The van der Waals surface area contributed by atoms with Crippen molar-refractivity contribution in [2.75, 3.05) is 0 Å². The van der Waals surface area contributed by atoms with Gasteiger partial charge in [0.1, 0.15) is 0 Å². The second-order valence-electron chi connectivity index (χ2n) is 5.29. The second kappa shape index (κ2) is 7.39. The van der Waals surface area contributed by atoms with Crippen LogP contribution >= 0.6 is 0 Å². The third kappa shape index (κ3) is 4.91. The van der Waals surface area contributed by atoms with Gasteiger partial charge in [-0.15, -0.1) is 0 Å². The third-order valence-electron chi connectivity index (χ3n) is 3.49. The summed E-state index contributed by atoms with van der Waals surface area (Å²) in [4.78, 5) is 10.7. The molecule has 0 fully saturated rings. The Hall–Kier alpha value is -2.18. The van der Waals surface area contributed by atoms with Gasteiger partial charge in [0.05, 0.1) is 4.90 Å². The van der Waals surface area contributed by atoms with Crippen LogP contribution in [0.3, 0.4) is 0 Å². The topological polar surface area (TPSA) is 83.5 Å². The molecule has 2 aromatic carbocycles. The van der Waals surface area contributed by atoms with Crippen molar-refractivity contribution in [3.63, 3.8) is 0 Å². The number of carbonyl (C=O) groups is 1. The standard InChI is InChI=1S/C17H19NO4S/c1-13(15-5-3-2-4-6-15)18-23(21,22)16-10-7-14(8-11-16)9-12-17(19)20/h2-8,10-11,13,18H,9,12H2,1H3,(H,19,20). The summed E-state index contributed by atoms with van der Waals surface area (Å²) in [7, 11) is -3.62. The van der Waals surface area contributed by atoms with Crippen LogP contribution in [0.25, 0.3) is 0 Å². The zero-order valence-electron chi connectivity index (χ0n) is 12.8. The van der Waals surface area contributed by atoms with Crippen LogP contribution in [0, 0.1) is 0 Å². The molecule has 2 rings (SSSR count). The predicted octanol–water partition coefficient (Wildman–Crippen LogP) is 2.74. The van der Waals surface area contributed by atoms with Crippen LogP contribution in [0.5, 0.6) is 0 Å². The molecule has 2 aromatic rings. The fourth-order valence-electron chi connectivity index (χ4n) is 2.20. The molecule has 0 saturated carbocycles. The highest BCUT2D eigenvalue weighted by molar-refractivity contribution is 7.89. The van der Waals surface area contributed by atoms with Gasteiger partial charge < -0.3 is 5.11 Å². The zero-order valence-corrected chi connectivity index (χ0v) is 13.6. The first-order valence-electron chi connectivity index (χ1n) is 7.26. The number of sulfonamides is 1. The lowest BCUT2D eigenvalue weighted by Crippen LogP contribution is -2.26. The van der Waals surface area contributed by atoms with Crippen molar-refractivity contribution in [2.24, 2.45) is 0 Å². The van der Waals surface area contributed by atoms with Crippen LogP contribution in [0.15, 0.2) is 59.5 Å². The van der Waals surface area contributed by atoms with Crippen molar-refractivity contribution in [1.29, 1.82) is 0 Å². The summed E-state index contributed by atoms with van der Waals surface area (Å²) >= 11 is 0.